The maximum absolute atomic E-state index is 15.2. The first-order chi connectivity index (χ1) is 51.8. The Bertz CT molecular complexity index is 6860. The third-order valence-corrected chi connectivity index (χ3v) is 18.0. The van der Waals surface area contributed by atoms with E-state index in [1.54, 1.807) is 121 Å². The van der Waals surface area contributed by atoms with E-state index in [0.29, 0.717) is 134 Å². The number of pyridine rings is 2. The minimum atomic E-state index is -1.81. The quantitative estimate of drug-likeness (QED) is 0.0611. The summed E-state index contributed by atoms with van der Waals surface area (Å²) in [6.07, 6.45) is 0. The van der Waals surface area contributed by atoms with Crippen molar-refractivity contribution in [2.24, 2.45) is 0 Å². The molecule has 0 aliphatic carbocycles. The Kier molecular flexibility index (Phi) is 16.8. The molecule has 0 unspecified atom stereocenters. The van der Waals surface area contributed by atoms with Crippen LogP contribution >= 0.6 is 0 Å². The van der Waals surface area contributed by atoms with Crippen molar-refractivity contribution in [3.8, 4) is 114 Å². The number of hydrogen-bond donors (Lipinski definition) is 0. The fraction of sp³-hybridized carbons (Fsp3) is 0. The second kappa shape index (κ2) is 27.1. The van der Waals surface area contributed by atoms with Crippen LogP contribution in [0.3, 0.4) is 0 Å². The number of para-hydroxylation sites is 2. The van der Waals surface area contributed by atoms with Crippen LogP contribution in [0.4, 0.5) is 46.0 Å². The monoisotopic (exact) mass is 1370 g/mol. The van der Waals surface area contributed by atoms with Crippen LogP contribution in [0.1, 0.15) is 22.3 Å². The summed E-state index contributed by atoms with van der Waals surface area (Å²) in [6.45, 7) is 38.9. The van der Waals surface area contributed by atoms with Crippen molar-refractivity contribution in [3.63, 3.8) is 0 Å². The van der Waals surface area contributed by atoms with Crippen LogP contribution in [0.2, 0.25) is 0 Å². The number of rotatable bonds is 8. The first-order valence-corrected chi connectivity index (χ1v) is 32.0. The summed E-state index contributed by atoms with van der Waals surface area (Å²) in [6, 6.07) is 72.2. The lowest BCUT2D eigenvalue weighted by molar-refractivity contribution is 0.454. The van der Waals surface area contributed by atoms with Crippen LogP contribution in [0.15, 0.2) is 224 Å². The standard InChI is InChI=1S/C44H20N8.C43H17F4N7/c1-47-33-17-15-29(16-18-33)42-43(28-13-11-26(24-45)12-14-28)52-44-38(51-42)23-37(49-3)40-39(44)35-9-4-5-10-36(35)50-41(40)31-8-6-7-30(21-31)32-19-27(25-46)20-34(22-32)48-2;1-50-27-16-14-24(15-17-27)41-42(23-12-10-22(20-48)11-13-23)54-43-32(53-41)19-31(51-2)35-34(43)28-8-3-4-9-30(28)52-40(35)26-7-5-6-25(18-26)33-38(46)36(44)29(21-49)37(45)39(33)47/h4-23H;3-19H. The second-order valence-electron chi connectivity index (χ2n) is 24.0. The Morgan fingerprint density at radius 2 is 0.660 bits per heavy atom. The molecule has 0 amide bonds. The lowest BCUT2D eigenvalue weighted by Gasteiger charge is -2.17. The molecule has 0 spiro atoms. The van der Waals surface area contributed by atoms with E-state index in [-0.39, 0.29) is 22.5 Å². The Morgan fingerprint density at radius 3 is 1.08 bits per heavy atom. The first kappa shape index (κ1) is 65.7. The van der Waals surface area contributed by atoms with Gasteiger partial charge in [-0.15, -0.1) is 0 Å². The number of nitriles is 4. The summed E-state index contributed by atoms with van der Waals surface area (Å²) in [7, 11) is 0. The zero-order valence-corrected chi connectivity index (χ0v) is 54.6. The SMILES string of the molecule is [C-]#[N+]c1ccc(-c2nc3cc([N+]#[C-])c4c(-c5cccc(-c6c(F)c(F)c(C#N)c(F)c6F)c5)nc5ccccc5c4c3nc2-c2ccc(C#N)cc2)cc1.[C-]#[N+]c1ccc(-c2nc3cc([N+]#[C-])c4c(-c5cccc(-c6cc(C#N)cc([N+]#[C-])c6)c5)nc5ccccc5c4c3nc2-c2ccc(C#N)cc2)cc1. The lowest BCUT2D eigenvalue weighted by atomic mass is 9.94. The highest BCUT2D eigenvalue weighted by Crippen LogP contribution is 2.48. The van der Waals surface area contributed by atoms with Gasteiger partial charge in [-0.3, -0.25) is 0 Å². The van der Waals surface area contributed by atoms with Crippen LogP contribution in [0, 0.1) is 101 Å². The molecule has 0 radical (unpaired) electrons. The van der Waals surface area contributed by atoms with Crippen LogP contribution in [0.25, 0.3) is 179 Å². The molecule has 15 nitrogen and oxygen atoms in total. The molecule has 4 aromatic heterocycles. The molecule has 0 saturated heterocycles. The van der Waals surface area contributed by atoms with E-state index in [2.05, 4.69) is 42.4 Å². The topological polar surface area (TPSA) is 194 Å². The number of nitrogens with zero attached hydrogens (tertiary/aromatic N) is 15. The molecule has 16 rings (SSSR count). The van der Waals surface area contributed by atoms with E-state index in [9.17, 15) is 24.6 Å². The summed E-state index contributed by atoms with van der Waals surface area (Å²) >= 11 is 0. The van der Waals surface area contributed by atoms with Crippen molar-refractivity contribution in [2.45, 2.75) is 0 Å². The highest BCUT2D eigenvalue weighted by Gasteiger charge is 2.29. The van der Waals surface area contributed by atoms with Crippen LogP contribution in [0.5, 0.6) is 0 Å². The largest absolute Gasteiger partial charge is 0.248 e. The fourth-order valence-electron chi connectivity index (χ4n) is 13.0. The molecule has 106 heavy (non-hydrogen) atoms. The van der Waals surface area contributed by atoms with Crippen LogP contribution < -0.4 is 0 Å². The van der Waals surface area contributed by atoms with Crippen molar-refractivity contribution in [3.05, 3.63) is 327 Å². The average Bonchev–Trinajstić information content (AvgIpc) is 0.727. The summed E-state index contributed by atoms with van der Waals surface area (Å²) in [5.74, 6) is -7.08. The van der Waals surface area contributed by atoms with E-state index in [0.717, 1.165) is 44.7 Å². The smallest absolute Gasteiger partial charge is 0.199 e. The normalized spacial score (nSPS) is 10.7. The molecule has 19 heteroatoms. The maximum atomic E-state index is 15.2. The Balaban J connectivity index is 0.000000170. The van der Waals surface area contributed by atoms with Gasteiger partial charge in [0.15, 0.2) is 51.7 Å². The Morgan fingerprint density at radius 1 is 0.274 bits per heavy atom. The molecule has 0 fully saturated rings. The molecule has 0 atom stereocenters. The van der Waals surface area contributed by atoms with E-state index >= 15 is 8.78 Å². The van der Waals surface area contributed by atoms with Crippen molar-refractivity contribution < 1.29 is 17.6 Å². The zero-order chi connectivity index (χ0) is 73.4. The Labute approximate surface area is 600 Å². The summed E-state index contributed by atoms with van der Waals surface area (Å²) < 4.78 is 59.9. The molecule has 0 bridgehead atoms. The highest BCUT2D eigenvalue weighted by molar-refractivity contribution is 6.27. The van der Waals surface area contributed by atoms with Gasteiger partial charge in [-0.1, -0.05) is 146 Å². The van der Waals surface area contributed by atoms with Gasteiger partial charge in [-0.05, 0) is 107 Å². The van der Waals surface area contributed by atoms with Gasteiger partial charge in [-0.2, -0.15) is 21.0 Å². The predicted octanol–water partition coefficient (Wildman–Crippen LogP) is 22.8. The number of aromatic nitrogens is 6. The Hall–Kier alpha value is -16.2. The maximum Gasteiger partial charge on any atom is 0.199 e. The molecule has 16 aromatic rings. The van der Waals surface area contributed by atoms with E-state index in [1.807, 2.05) is 84.9 Å². The molecule has 4 heterocycles. The number of benzene rings is 12. The van der Waals surface area contributed by atoms with Gasteiger partial charge < -0.3 is 0 Å². The van der Waals surface area contributed by atoms with Gasteiger partial charge >= 0.3 is 0 Å². The van der Waals surface area contributed by atoms with Gasteiger partial charge in [0.1, 0.15) is 11.6 Å². The molecule has 0 aliphatic rings. The van der Waals surface area contributed by atoms with E-state index < -0.39 is 34.4 Å². The summed E-state index contributed by atoms with van der Waals surface area (Å²) in [5, 5.41) is 41.3. The van der Waals surface area contributed by atoms with Crippen LogP contribution in [-0.4, -0.2) is 29.9 Å². The van der Waals surface area contributed by atoms with Gasteiger partial charge in [0.2, 0.25) is 0 Å². The number of hydrogen-bond acceptors (Lipinski definition) is 10. The van der Waals surface area contributed by atoms with Crippen molar-refractivity contribution in [1.29, 1.82) is 21.0 Å². The average molecular weight is 1370 g/mol. The predicted molar refractivity (Wildman–Crippen MR) is 398 cm³/mol. The van der Waals surface area contributed by atoms with Crippen molar-refractivity contribution in [2.75, 3.05) is 0 Å². The molecule has 0 aliphatic heterocycles. The third-order valence-electron chi connectivity index (χ3n) is 18.0. The van der Waals surface area contributed by atoms with Gasteiger partial charge in [0, 0.05) is 60.1 Å². The summed E-state index contributed by atoms with van der Waals surface area (Å²) in [4.78, 5) is 49.1. The first-order valence-electron chi connectivity index (χ1n) is 32.0. The zero-order valence-electron chi connectivity index (χ0n) is 54.6. The number of halogens is 4. The molecular weight excluding hydrogens is 1330 g/mol. The van der Waals surface area contributed by atoms with Crippen LogP contribution in [-0.2, 0) is 0 Å². The van der Waals surface area contributed by atoms with Gasteiger partial charge in [0.05, 0.1) is 135 Å². The molecule has 488 valence electrons. The van der Waals surface area contributed by atoms with Gasteiger partial charge in [0.25, 0.3) is 0 Å². The lowest BCUT2D eigenvalue weighted by Crippen LogP contribution is -2.04. The molecule has 0 saturated carbocycles. The molecule has 12 aromatic carbocycles. The number of fused-ring (bicyclic) bond motifs is 10. The molecular formula is C87H37F4N15. The minimum absolute atomic E-state index is 0.138. The second-order valence-corrected chi connectivity index (χ2v) is 24.0. The van der Waals surface area contributed by atoms with E-state index in [4.69, 9.17) is 68.0 Å². The van der Waals surface area contributed by atoms with Crippen molar-refractivity contribution >= 4 is 93.9 Å². The third kappa shape index (κ3) is 11.5. The molecule has 0 N–H and O–H groups in total. The van der Waals surface area contributed by atoms with Crippen molar-refractivity contribution in [1.82, 2.24) is 29.9 Å². The van der Waals surface area contributed by atoms with E-state index in [1.165, 1.54) is 18.2 Å². The fourth-order valence-corrected chi connectivity index (χ4v) is 13.0. The summed E-state index contributed by atoms with van der Waals surface area (Å²) in [5.41, 5.74) is 11.9. The van der Waals surface area contributed by atoms with Gasteiger partial charge in [-0.25, -0.2) is 71.7 Å². The minimum Gasteiger partial charge on any atom is -0.248 e. The highest BCUT2D eigenvalue weighted by atomic mass is 19.2.